The van der Waals surface area contributed by atoms with Crippen LogP contribution in [0.1, 0.15) is 18.7 Å². The highest BCUT2D eigenvalue weighted by Crippen LogP contribution is 2.20. The van der Waals surface area contributed by atoms with E-state index in [1.807, 2.05) is 25.3 Å². The summed E-state index contributed by atoms with van der Waals surface area (Å²) in [7, 11) is 0. The summed E-state index contributed by atoms with van der Waals surface area (Å²) in [6, 6.07) is 3.90. The van der Waals surface area contributed by atoms with Crippen LogP contribution >= 0.6 is 0 Å². The van der Waals surface area contributed by atoms with E-state index in [0.717, 1.165) is 17.9 Å². The first kappa shape index (κ1) is 12.3. The molecule has 1 unspecified atom stereocenters. The van der Waals surface area contributed by atoms with Crippen LogP contribution in [-0.4, -0.2) is 42.5 Å². The summed E-state index contributed by atoms with van der Waals surface area (Å²) < 4.78 is 5.34. The molecule has 5 heteroatoms. The van der Waals surface area contributed by atoms with Gasteiger partial charge in [0.1, 0.15) is 0 Å². The fourth-order valence-corrected chi connectivity index (χ4v) is 1.98. The number of anilines is 1. The van der Waals surface area contributed by atoms with E-state index < -0.39 is 0 Å². The Hall–Kier alpha value is -1.17. The zero-order chi connectivity index (χ0) is 12.3. The Labute approximate surface area is 101 Å². The first-order chi connectivity index (χ1) is 8.22. The molecule has 0 spiro atoms. The number of nitrogens with zero attached hydrogens (tertiary/aromatic N) is 2. The number of ether oxygens (including phenoxy) is 1. The lowest BCUT2D eigenvalue weighted by Crippen LogP contribution is -2.47. The van der Waals surface area contributed by atoms with Gasteiger partial charge < -0.3 is 20.5 Å². The van der Waals surface area contributed by atoms with E-state index in [1.165, 1.54) is 0 Å². The van der Waals surface area contributed by atoms with Crippen LogP contribution in [0.5, 0.6) is 0 Å². The number of nitrogens with two attached hydrogens (primary N) is 1. The Morgan fingerprint density at radius 1 is 1.65 bits per heavy atom. The zero-order valence-corrected chi connectivity index (χ0v) is 10.0. The Bertz CT molecular complexity index is 353. The van der Waals surface area contributed by atoms with E-state index >= 15 is 0 Å². The van der Waals surface area contributed by atoms with Gasteiger partial charge in [0.25, 0.3) is 0 Å². The summed E-state index contributed by atoms with van der Waals surface area (Å²) in [4.78, 5) is 6.46. The lowest BCUT2D eigenvalue weighted by Gasteiger charge is -2.36. The number of hydrogen-bond donors (Lipinski definition) is 2. The first-order valence-electron chi connectivity index (χ1n) is 5.89. The molecule has 1 aliphatic heterocycles. The van der Waals surface area contributed by atoms with Gasteiger partial charge in [0.2, 0.25) is 0 Å². The van der Waals surface area contributed by atoms with Crippen molar-refractivity contribution in [3.8, 4) is 0 Å². The van der Waals surface area contributed by atoms with Crippen molar-refractivity contribution in [1.29, 1.82) is 0 Å². The van der Waals surface area contributed by atoms with Crippen molar-refractivity contribution in [1.82, 2.24) is 4.98 Å². The van der Waals surface area contributed by atoms with Crippen LogP contribution in [0.15, 0.2) is 18.3 Å². The van der Waals surface area contributed by atoms with E-state index in [-0.39, 0.29) is 18.7 Å². The summed E-state index contributed by atoms with van der Waals surface area (Å²) >= 11 is 0. The van der Waals surface area contributed by atoms with Crippen molar-refractivity contribution in [2.75, 3.05) is 31.3 Å². The van der Waals surface area contributed by atoms with Gasteiger partial charge in [-0.1, -0.05) is 0 Å². The maximum Gasteiger partial charge on any atom is 0.0756 e. The molecule has 3 N–H and O–H groups in total. The molecule has 2 atom stereocenters. The van der Waals surface area contributed by atoms with Crippen LogP contribution in [0.4, 0.5) is 5.69 Å². The molecule has 0 aliphatic carbocycles. The summed E-state index contributed by atoms with van der Waals surface area (Å²) in [6.45, 7) is 4.03. The number of aliphatic hydroxyl groups excluding tert-OH is 1. The number of rotatable bonds is 3. The Kier molecular flexibility index (Phi) is 3.93. The third-order valence-corrected chi connectivity index (χ3v) is 3.01. The maximum absolute atomic E-state index is 9.30. The summed E-state index contributed by atoms with van der Waals surface area (Å²) in [5.41, 5.74) is 7.65. The minimum atomic E-state index is -0.0534. The average Bonchev–Trinajstić information content (AvgIpc) is 2.39. The molecule has 0 aromatic carbocycles. The minimum Gasteiger partial charge on any atom is -0.394 e. The second-order valence-electron chi connectivity index (χ2n) is 4.33. The lowest BCUT2D eigenvalue weighted by molar-refractivity contribution is 0.0727. The predicted octanol–water partition coefficient (Wildman–Crippen LogP) is 0.299. The molecule has 0 bridgehead atoms. The SMILES string of the molecule is C[C@@H](N)c1ccc(N2CCOCC2CO)cn1. The number of hydrogen-bond acceptors (Lipinski definition) is 5. The topological polar surface area (TPSA) is 71.6 Å². The highest BCUT2D eigenvalue weighted by atomic mass is 16.5. The average molecular weight is 237 g/mol. The van der Waals surface area contributed by atoms with E-state index in [2.05, 4.69) is 9.88 Å². The molecule has 0 amide bonds. The van der Waals surface area contributed by atoms with Crippen LogP contribution in [-0.2, 0) is 4.74 Å². The number of aromatic nitrogens is 1. The molecular weight excluding hydrogens is 218 g/mol. The Morgan fingerprint density at radius 2 is 2.47 bits per heavy atom. The van der Waals surface area contributed by atoms with Gasteiger partial charge in [-0.15, -0.1) is 0 Å². The fourth-order valence-electron chi connectivity index (χ4n) is 1.98. The van der Waals surface area contributed by atoms with Crippen LogP contribution in [0.25, 0.3) is 0 Å². The van der Waals surface area contributed by atoms with Gasteiger partial charge in [-0.2, -0.15) is 0 Å². The highest BCUT2D eigenvalue weighted by molar-refractivity contribution is 5.46. The predicted molar refractivity (Wildman–Crippen MR) is 65.9 cm³/mol. The molecule has 5 nitrogen and oxygen atoms in total. The largest absolute Gasteiger partial charge is 0.394 e. The van der Waals surface area contributed by atoms with Crippen LogP contribution < -0.4 is 10.6 Å². The second kappa shape index (κ2) is 5.44. The molecule has 2 heterocycles. The van der Waals surface area contributed by atoms with Gasteiger partial charge in [0.05, 0.1) is 43.4 Å². The molecule has 0 radical (unpaired) electrons. The zero-order valence-electron chi connectivity index (χ0n) is 10.0. The smallest absolute Gasteiger partial charge is 0.0756 e. The van der Waals surface area contributed by atoms with Gasteiger partial charge in [-0.3, -0.25) is 4.98 Å². The molecule has 94 valence electrons. The second-order valence-corrected chi connectivity index (χ2v) is 4.33. The standard InChI is InChI=1S/C12H19N3O2/c1-9(13)12-3-2-10(6-14-12)15-4-5-17-8-11(15)7-16/h2-3,6,9,11,16H,4-5,7-8,13H2,1H3/t9-,11?/m1/s1. The Morgan fingerprint density at radius 3 is 3.06 bits per heavy atom. The third-order valence-electron chi connectivity index (χ3n) is 3.01. The highest BCUT2D eigenvalue weighted by Gasteiger charge is 2.22. The van der Waals surface area contributed by atoms with Gasteiger partial charge >= 0.3 is 0 Å². The third kappa shape index (κ3) is 2.74. The van der Waals surface area contributed by atoms with Gasteiger partial charge in [0, 0.05) is 12.6 Å². The van der Waals surface area contributed by atoms with Crippen LogP contribution in [0, 0.1) is 0 Å². The van der Waals surface area contributed by atoms with Gasteiger partial charge in [-0.05, 0) is 19.1 Å². The maximum atomic E-state index is 9.30. The number of pyridine rings is 1. The number of morpholine rings is 1. The van der Waals surface area contributed by atoms with E-state index in [9.17, 15) is 5.11 Å². The van der Waals surface area contributed by atoms with Crippen LogP contribution in [0.2, 0.25) is 0 Å². The van der Waals surface area contributed by atoms with Gasteiger partial charge in [-0.25, -0.2) is 0 Å². The van der Waals surface area contributed by atoms with Gasteiger partial charge in [0.15, 0.2) is 0 Å². The monoisotopic (exact) mass is 237 g/mol. The summed E-state index contributed by atoms with van der Waals surface area (Å²) in [5.74, 6) is 0. The molecule has 1 fully saturated rings. The Balaban J connectivity index is 2.15. The van der Waals surface area contributed by atoms with Crippen molar-refractivity contribution in [3.05, 3.63) is 24.0 Å². The van der Waals surface area contributed by atoms with E-state index in [4.69, 9.17) is 10.5 Å². The first-order valence-corrected chi connectivity index (χ1v) is 5.89. The van der Waals surface area contributed by atoms with Crippen molar-refractivity contribution in [2.24, 2.45) is 5.73 Å². The van der Waals surface area contributed by atoms with E-state index in [1.54, 1.807) is 0 Å². The summed E-state index contributed by atoms with van der Waals surface area (Å²) in [5, 5.41) is 9.30. The fraction of sp³-hybridized carbons (Fsp3) is 0.583. The molecule has 17 heavy (non-hydrogen) atoms. The summed E-state index contributed by atoms with van der Waals surface area (Å²) in [6.07, 6.45) is 1.81. The molecule has 1 aromatic heterocycles. The lowest BCUT2D eigenvalue weighted by atomic mass is 10.2. The van der Waals surface area contributed by atoms with Crippen molar-refractivity contribution < 1.29 is 9.84 Å². The van der Waals surface area contributed by atoms with Crippen molar-refractivity contribution >= 4 is 5.69 Å². The van der Waals surface area contributed by atoms with Crippen LogP contribution in [0.3, 0.4) is 0 Å². The molecule has 1 aliphatic rings. The minimum absolute atomic E-state index is 0.0201. The quantitative estimate of drug-likeness (QED) is 0.791. The molecule has 2 rings (SSSR count). The number of aliphatic hydroxyl groups is 1. The molecule has 1 saturated heterocycles. The normalized spacial score (nSPS) is 22.5. The molecule has 0 saturated carbocycles. The van der Waals surface area contributed by atoms with E-state index in [0.29, 0.717) is 13.2 Å². The molecule has 1 aromatic rings. The van der Waals surface area contributed by atoms with Crippen molar-refractivity contribution in [2.45, 2.75) is 19.0 Å². The van der Waals surface area contributed by atoms with Crippen molar-refractivity contribution in [3.63, 3.8) is 0 Å². The molecular formula is C12H19N3O2.